The van der Waals surface area contributed by atoms with E-state index in [0.29, 0.717) is 10.3 Å². The molecule has 4 unspecified atom stereocenters. The van der Waals surface area contributed by atoms with Gasteiger partial charge in [0.1, 0.15) is 4.36 Å². The van der Waals surface area contributed by atoms with Crippen molar-refractivity contribution in [3.63, 3.8) is 0 Å². The van der Waals surface area contributed by atoms with Crippen LogP contribution < -0.4 is 0 Å². The van der Waals surface area contributed by atoms with Gasteiger partial charge in [0.05, 0.1) is 16.9 Å². The number of hydrogen-bond acceptors (Lipinski definition) is 2. The van der Waals surface area contributed by atoms with E-state index < -0.39 is 10.8 Å². The van der Waals surface area contributed by atoms with Crippen molar-refractivity contribution in [2.75, 3.05) is 0 Å². The summed E-state index contributed by atoms with van der Waals surface area (Å²) in [5, 5.41) is 10.1. The van der Waals surface area contributed by atoms with Gasteiger partial charge in [-0.1, -0.05) is 68.0 Å². The fourth-order valence-corrected chi connectivity index (χ4v) is 6.86. The van der Waals surface area contributed by atoms with Gasteiger partial charge in [0, 0.05) is 4.75 Å². The van der Waals surface area contributed by atoms with E-state index in [0.717, 1.165) is 63.4 Å². The zero-order valence-corrected chi connectivity index (χ0v) is 22.4. The molecule has 0 aromatic carbocycles. The lowest BCUT2D eigenvalue weighted by Gasteiger charge is -2.45. The summed E-state index contributed by atoms with van der Waals surface area (Å²) in [6.07, 6.45) is 15.0. The van der Waals surface area contributed by atoms with Crippen molar-refractivity contribution in [3.8, 4) is 0 Å². The molecule has 180 valence electrons. The molecule has 32 heavy (non-hydrogen) atoms. The molecule has 2 saturated carbocycles. The molecular formula is C28H43ClO2S. The zero-order chi connectivity index (χ0) is 24.1. The standard InChI is InChI=1S/C28H43ClO2S/c1-8-24-23(18-17-22-13-10-15-25(30)21(22)3)14-11-19-28(24,7)20(2)12-9-16-26(29)32(31)27(4,5)6/h16-18,24-25,30H,2-3,8-15,19H2,1,4-7H3/b22-17-,23-18+,26-16-. The first-order valence-electron chi connectivity index (χ1n) is 12.1. The smallest absolute Gasteiger partial charge is 0.101 e. The minimum Gasteiger partial charge on any atom is -0.388 e. The first-order chi connectivity index (χ1) is 14.9. The second-order valence-corrected chi connectivity index (χ2v) is 13.5. The van der Waals surface area contributed by atoms with Crippen LogP contribution >= 0.6 is 11.6 Å². The average Bonchev–Trinajstić information content (AvgIpc) is 2.73. The van der Waals surface area contributed by atoms with Gasteiger partial charge in [-0.05, 0) is 101 Å². The van der Waals surface area contributed by atoms with Gasteiger partial charge in [-0.3, -0.25) is 4.21 Å². The van der Waals surface area contributed by atoms with Crippen LogP contribution in [0.4, 0.5) is 0 Å². The highest BCUT2D eigenvalue weighted by molar-refractivity contribution is 7.92. The molecule has 1 N–H and O–H groups in total. The summed E-state index contributed by atoms with van der Waals surface area (Å²) in [7, 11) is -1.18. The van der Waals surface area contributed by atoms with Crippen LogP contribution in [0.3, 0.4) is 0 Å². The van der Waals surface area contributed by atoms with Gasteiger partial charge in [-0.15, -0.1) is 0 Å². The van der Waals surface area contributed by atoms with Crippen molar-refractivity contribution in [3.05, 3.63) is 58.0 Å². The first-order valence-corrected chi connectivity index (χ1v) is 13.7. The molecule has 2 nitrogen and oxygen atoms in total. The van der Waals surface area contributed by atoms with E-state index in [4.69, 9.17) is 11.6 Å². The lowest BCUT2D eigenvalue weighted by molar-refractivity contribution is 0.191. The Balaban J connectivity index is 2.14. The van der Waals surface area contributed by atoms with Crippen LogP contribution in [0.25, 0.3) is 0 Å². The van der Waals surface area contributed by atoms with E-state index in [-0.39, 0.29) is 16.3 Å². The monoisotopic (exact) mass is 478 g/mol. The Hall–Kier alpha value is -0.900. The summed E-state index contributed by atoms with van der Waals surface area (Å²) in [6.45, 7) is 19.1. The molecular weight excluding hydrogens is 436 g/mol. The van der Waals surface area contributed by atoms with Crippen molar-refractivity contribution in [1.29, 1.82) is 0 Å². The quantitative estimate of drug-likeness (QED) is 0.375. The van der Waals surface area contributed by atoms with E-state index >= 15 is 0 Å². The fourth-order valence-electron chi connectivity index (χ4n) is 5.20. The third kappa shape index (κ3) is 6.58. The van der Waals surface area contributed by atoms with Gasteiger partial charge in [0.2, 0.25) is 0 Å². The highest BCUT2D eigenvalue weighted by Crippen LogP contribution is 2.51. The Morgan fingerprint density at radius 1 is 1.28 bits per heavy atom. The molecule has 0 saturated heterocycles. The molecule has 0 amide bonds. The van der Waals surface area contributed by atoms with E-state index in [1.54, 1.807) is 0 Å². The zero-order valence-electron chi connectivity index (χ0n) is 20.8. The highest BCUT2D eigenvalue weighted by atomic mass is 35.5. The van der Waals surface area contributed by atoms with Crippen LogP contribution in [0.1, 0.15) is 92.4 Å². The molecule has 4 atom stereocenters. The summed E-state index contributed by atoms with van der Waals surface area (Å²) in [4.78, 5) is 0. The van der Waals surface area contributed by atoms with E-state index in [1.807, 2.05) is 26.8 Å². The second kappa shape index (κ2) is 11.5. The average molecular weight is 479 g/mol. The first kappa shape index (κ1) is 27.3. The molecule has 0 bridgehead atoms. The normalized spacial score (nSPS) is 31.2. The molecule has 0 radical (unpaired) electrons. The predicted octanol–water partition coefficient (Wildman–Crippen LogP) is 8.12. The van der Waals surface area contributed by atoms with Crippen molar-refractivity contribution < 1.29 is 9.32 Å². The Morgan fingerprint density at radius 2 is 1.97 bits per heavy atom. The molecule has 0 aromatic heterocycles. The molecule has 0 spiro atoms. The lowest BCUT2D eigenvalue weighted by Crippen LogP contribution is -2.34. The van der Waals surface area contributed by atoms with Crippen LogP contribution in [-0.4, -0.2) is 20.2 Å². The second-order valence-electron chi connectivity index (χ2n) is 10.6. The molecule has 2 fully saturated rings. The van der Waals surface area contributed by atoms with Crippen molar-refractivity contribution in [2.24, 2.45) is 11.3 Å². The van der Waals surface area contributed by atoms with Crippen molar-refractivity contribution >= 4 is 22.4 Å². The van der Waals surface area contributed by atoms with Crippen molar-refractivity contribution in [2.45, 2.75) is 103 Å². The van der Waals surface area contributed by atoms with E-state index in [2.05, 4.69) is 39.2 Å². The van der Waals surface area contributed by atoms with E-state index in [1.165, 1.54) is 16.7 Å². The number of rotatable bonds is 7. The molecule has 2 aliphatic carbocycles. The number of allylic oxidation sites excluding steroid dienone is 5. The maximum atomic E-state index is 12.4. The van der Waals surface area contributed by atoms with Crippen LogP contribution in [0.2, 0.25) is 0 Å². The van der Waals surface area contributed by atoms with E-state index in [9.17, 15) is 9.32 Å². The molecule has 2 rings (SSSR count). The largest absolute Gasteiger partial charge is 0.388 e. The molecule has 2 aliphatic rings. The number of aliphatic hydroxyl groups excluding tert-OH is 1. The SMILES string of the molecule is C=C1/C(=C\C=C2/CCCC(C)(C(=C)CC/C=C(/Cl)S(=O)C(C)(C)C)C2CC)CCCC1O. The van der Waals surface area contributed by atoms with Crippen LogP contribution in [0.15, 0.2) is 58.0 Å². The number of aliphatic hydroxyl groups is 1. The van der Waals surface area contributed by atoms with Gasteiger partial charge >= 0.3 is 0 Å². The minimum absolute atomic E-state index is 0.0594. The van der Waals surface area contributed by atoms with Gasteiger partial charge in [0.25, 0.3) is 0 Å². The summed E-state index contributed by atoms with van der Waals surface area (Å²) in [5.74, 6) is 0.463. The Labute approximate surface area is 204 Å². The van der Waals surface area contributed by atoms with Crippen LogP contribution in [0.5, 0.6) is 0 Å². The summed E-state index contributed by atoms with van der Waals surface area (Å²) in [5.41, 5.74) is 4.90. The maximum Gasteiger partial charge on any atom is 0.101 e. The summed E-state index contributed by atoms with van der Waals surface area (Å²) < 4.78 is 12.6. The molecule has 4 heteroatoms. The Kier molecular flexibility index (Phi) is 9.82. The number of halogens is 1. The predicted molar refractivity (Wildman–Crippen MR) is 141 cm³/mol. The molecule has 0 aliphatic heterocycles. The topological polar surface area (TPSA) is 37.3 Å². The fraction of sp³-hybridized carbons (Fsp3) is 0.643. The van der Waals surface area contributed by atoms with Gasteiger partial charge in [-0.25, -0.2) is 0 Å². The Morgan fingerprint density at radius 3 is 2.59 bits per heavy atom. The minimum atomic E-state index is -1.18. The summed E-state index contributed by atoms with van der Waals surface area (Å²) in [6, 6.07) is 0. The van der Waals surface area contributed by atoms with Crippen LogP contribution in [0, 0.1) is 11.3 Å². The third-order valence-electron chi connectivity index (χ3n) is 7.32. The van der Waals surface area contributed by atoms with Gasteiger partial charge < -0.3 is 5.11 Å². The highest BCUT2D eigenvalue weighted by Gasteiger charge is 2.39. The lowest BCUT2D eigenvalue weighted by atomic mass is 9.60. The molecule has 0 aromatic rings. The third-order valence-corrected chi connectivity index (χ3v) is 9.52. The number of hydrogen-bond donors (Lipinski definition) is 1. The van der Waals surface area contributed by atoms with Crippen molar-refractivity contribution in [1.82, 2.24) is 0 Å². The van der Waals surface area contributed by atoms with Gasteiger partial charge in [-0.2, -0.15) is 0 Å². The Bertz CT molecular complexity index is 827. The maximum absolute atomic E-state index is 12.4. The molecule has 0 heterocycles. The summed E-state index contributed by atoms with van der Waals surface area (Å²) >= 11 is 6.33. The van der Waals surface area contributed by atoms with Crippen LogP contribution in [-0.2, 0) is 10.8 Å². The van der Waals surface area contributed by atoms with Gasteiger partial charge in [0.15, 0.2) is 0 Å².